The Morgan fingerprint density at radius 1 is 1.21 bits per heavy atom. The molecule has 2 aromatic rings. The van der Waals surface area contributed by atoms with E-state index in [1.54, 1.807) is 11.8 Å². The molecule has 0 saturated carbocycles. The molecular formula is C25H33NO5S2. The van der Waals surface area contributed by atoms with Crippen molar-refractivity contribution >= 4 is 34.7 Å². The van der Waals surface area contributed by atoms with Gasteiger partial charge in [-0.2, -0.15) is 0 Å². The van der Waals surface area contributed by atoms with Crippen LogP contribution in [0.2, 0.25) is 0 Å². The first kappa shape index (κ1) is 26.0. The highest BCUT2D eigenvalue weighted by atomic mass is 32.2. The fraction of sp³-hybridized carbons (Fsp3) is 0.560. The van der Waals surface area contributed by atoms with Crippen LogP contribution in [0, 0.1) is 5.92 Å². The average Bonchev–Trinajstić information content (AvgIpc) is 3.30. The topological polar surface area (TPSA) is 96.7 Å². The van der Waals surface area contributed by atoms with E-state index < -0.39 is 11.7 Å². The second-order valence-electron chi connectivity index (χ2n) is 9.13. The summed E-state index contributed by atoms with van der Waals surface area (Å²) in [5, 5.41) is 20.5. The van der Waals surface area contributed by atoms with Gasteiger partial charge < -0.3 is 14.9 Å². The zero-order valence-corrected chi connectivity index (χ0v) is 21.1. The number of aliphatic hydroxyl groups is 2. The van der Waals surface area contributed by atoms with Crippen molar-refractivity contribution in [1.29, 1.82) is 0 Å². The summed E-state index contributed by atoms with van der Waals surface area (Å²) in [6.45, 7) is 4.47. The summed E-state index contributed by atoms with van der Waals surface area (Å²) in [5.41, 5.74) is -0.326. The summed E-state index contributed by atoms with van der Waals surface area (Å²) >= 11 is 2.73. The molecule has 8 heteroatoms. The molecule has 2 unspecified atom stereocenters. The Morgan fingerprint density at radius 3 is 2.48 bits per heavy atom. The molecule has 0 radical (unpaired) electrons. The van der Waals surface area contributed by atoms with Crippen molar-refractivity contribution in [3.63, 3.8) is 0 Å². The van der Waals surface area contributed by atoms with E-state index in [4.69, 9.17) is 4.74 Å². The predicted octanol–water partition coefficient (Wildman–Crippen LogP) is 4.80. The Labute approximate surface area is 203 Å². The molecule has 1 fully saturated rings. The predicted molar refractivity (Wildman–Crippen MR) is 131 cm³/mol. The number of rotatable bonds is 11. The van der Waals surface area contributed by atoms with Gasteiger partial charge in [-0.15, -0.1) is 23.1 Å². The number of benzene rings is 1. The van der Waals surface area contributed by atoms with Gasteiger partial charge in [-0.25, -0.2) is 4.98 Å². The van der Waals surface area contributed by atoms with Crippen molar-refractivity contribution in [2.45, 2.75) is 68.5 Å². The molecule has 1 aromatic carbocycles. The SMILES string of the molecule is CSc1ccc(C(CC2CCOCC2)C(=O)CCC(=O)c2ncc(C(O)C(C)(C)O)s2)cc1. The smallest absolute Gasteiger partial charge is 0.191 e. The van der Waals surface area contributed by atoms with Gasteiger partial charge in [0.05, 0.1) is 10.5 Å². The first-order chi connectivity index (χ1) is 15.7. The Balaban J connectivity index is 1.67. The minimum Gasteiger partial charge on any atom is -0.387 e. The molecule has 33 heavy (non-hydrogen) atoms. The van der Waals surface area contributed by atoms with Crippen molar-refractivity contribution in [3.05, 3.63) is 45.9 Å². The Morgan fingerprint density at radius 2 is 1.88 bits per heavy atom. The van der Waals surface area contributed by atoms with Gasteiger partial charge >= 0.3 is 0 Å². The lowest BCUT2D eigenvalue weighted by Gasteiger charge is -2.26. The fourth-order valence-corrected chi connectivity index (χ4v) is 5.47. The van der Waals surface area contributed by atoms with Crippen LogP contribution in [0.15, 0.2) is 35.4 Å². The van der Waals surface area contributed by atoms with E-state index in [1.165, 1.54) is 20.0 Å². The van der Waals surface area contributed by atoms with Crippen molar-refractivity contribution < 1.29 is 24.5 Å². The molecule has 3 rings (SSSR count). The molecular weight excluding hydrogens is 458 g/mol. The molecule has 2 heterocycles. The lowest BCUT2D eigenvalue weighted by Crippen LogP contribution is -2.27. The average molecular weight is 492 g/mol. The number of ketones is 2. The number of thiazole rings is 1. The number of aromatic nitrogens is 1. The number of thioether (sulfide) groups is 1. The largest absolute Gasteiger partial charge is 0.387 e. The first-order valence-corrected chi connectivity index (χ1v) is 13.4. The number of nitrogens with zero attached hydrogens (tertiary/aromatic N) is 1. The maximum Gasteiger partial charge on any atom is 0.191 e. The number of carbonyl (C=O) groups excluding carboxylic acids is 2. The number of hydrogen-bond donors (Lipinski definition) is 2. The molecule has 1 saturated heterocycles. The van der Waals surface area contributed by atoms with Crippen LogP contribution in [0.5, 0.6) is 0 Å². The summed E-state index contributed by atoms with van der Waals surface area (Å²) in [6, 6.07) is 8.14. The van der Waals surface area contributed by atoms with Crippen LogP contribution in [0.3, 0.4) is 0 Å². The lowest BCUT2D eigenvalue weighted by molar-refractivity contribution is -0.121. The molecule has 6 nitrogen and oxygen atoms in total. The van der Waals surface area contributed by atoms with Crippen molar-refractivity contribution in [2.24, 2.45) is 5.92 Å². The standard InChI is InChI=1S/C25H33NO5S2/c1-25(2,30)23(29)22-15-26-24(33-22)21(28)9-8-20(27)19(14-16-10-12-31-13-11-16)17-4-6-18(32-3)7-5-17/h4-7,15-16,19,23,29-30H,8-14H2,1-3H3. The Kier molecular flexibility index (Phi) is 9.24. The Hall–Kier alpha value is -1.58. The summed E-state index contributed by atoms with van der Waals surface area (Å²) in [7, 11) is 0. The quantitative estimate of drug-likeness (QED) is 0.344. The van der Waals surface area contributed by atoms with E-state index in [-0.39, 0.29) is 35.3 Å². The van der Waals surface area contributed by atoms with Crippen LogP contribution >= 0.6 is 23.1 Å². The maximum absolute atomic E-state index is 13.3. The number of hydrogen-bond acceptors (Lipinski definition) is 8. The Bertz CT molecular complexity index is 929. The monoisotopic (exact) mass is 491 g/mol. The zero-order chi connectivity index (χ0) is 24.0. The highest BCUT2D eigenvalue weighted by Crippen LogP contribution is 2.33. The number of carbonyl (C=O) groups is 2. The van der Waals surface area contributed by atoms with Gasteiger partial charge in [-0.3, -0.25) is 9.59 Å². The molecule has 1 aliphatic heterocycles. The second kappa shape index (κ2) is 11.7. The molecule has 1 aliphatic rings. The highest BCUT2D eigenvalue weighted by Gasteiger charge is 2.30. The van der Waals surface area contributed by atoms with Gasteiger partial charge in [-0.1, -0.05) is 12.1 Å². The third kappa shape index (κ3) is 7.20. The van der Waals surface area contributed by atoms with Crippen molar-refractivity contribution in [1.82, 2.24) is 4.98 Å². The molecule has 0 aliphatic carbocycles. The normalized spacial score (nSPS) is 17.0. The van der Waals surface area contributed by atoms with Crippen LogP contribution in [0.4, 0.5) is 0 Å². The number of ether oxygens (including phenoxy) is 1. The van der Waals surface area contributed by atoms with E-state index in [9.17, 15) is 19.8 Å². The molecule has 2 N–H and O–H groups in total. The van der Waals surface area contributed by atoms with Crippen LogP contribution in [-0.2, 0) is 9.53 Å². The van der Waals surface area contributed by atoms with Gasteiger partial charge in [0.25, 0.3) is 0 Å². The minimum atomic E-state index is -1.33. The zero-order valence-electron chi connectivity index (χ0n) is 19.5. The maximum atomic E-state index is 13.3. The van der Waals surface area contributed by atoms with E-state index >= 15 is 0 Å². The van der Waals surface area contributed by atoms with Crippen molar-refractivity contribution in [2.75, 3.05) is 19.5 Å². The first-order valence-electron chi connectivity index (χ1n) is 11.3. The molecule has 0 amide bonds. The highest BCUT2D eigenvalue weighted by molar-refractivity contribution is 7.98. The van der Waals surface area contributed by atoms with Gasteiger partial charge in [0, 0.05) is 43.1 Å². The van der Waals surface area contributed by atoms with Crippen LogP contribution in [0.1, 0.15) is 78.2 Å². The third-order valence-corrected chi connectivity index (χ3v) is 7.95. The molecule has 0 bridgehead atoms. The van der Waals surface area contributed by atoms with E-state index in [0.717, 1.165) is 54.3 Å². The summed E-state index contributed by atoms with van der Waals surface area (Å²) < 4.78 is 5.47. The number of Topliss-reactive ketones (excluding diaryl/α,β-unsaturated/α-hetero) is 2. The van der Waals surface area contributed by atoms with Crippen LogP contribution in [-0.4, -0.2) is 51.8 Å². The van der Waals surface area contributed by atoms with Gasteiger partial charge in [0.1, 0.15) is 11.9 Å². The fourth-order valence-electron chi connectivity index (χ4n) is 4.01. The summed E-state index contributed by atoms with van der Waals surface area (Å²) in [5.74, 6) is 0.0549. The molecule has 1 aromatic heterocycles. The van der Waals surface area contributed by atoms with Crippen molar-refractivity contribution in [3.8, 4) is 0 Å². The summed E-state index contributed by atoms with van der Waals surface area (Å²) in [4.78, 5) is 31.7. The molecule has 0 spiro atoms. The number of aliphatic hydroxyl groups excluding tert-OH is 1. The van der Waals surface area contributed by atoms with E-state index in [1.807, 2.05) is 30.5 Å². The second-order valence-corrected chi connectivity index (χ2v) is 11.1. The van der Waals surface area contributed by atoms with Gasteiger partial charge in [0.2, 0.25) is 0 Å². The molecule has 180 valence electrons. The summed E-state index contributed by atoms with van der Waals surface area (Å²) in [6.07, 6.45) is 5.24. The third-order valence-electron chi connectivity index (χ3n) is 6.12. The minimum absolute atomic E-state index is 0.0695. The van der Waals surface area contributed by atoms with E-state index in [0.29, 0.717) is 10.8 Å². The van der Waals surface area contributed by atoms with Crippen LogP contribution in [0.25, 0.3) is 0 Å². The van der Waals surface area contributed by atoms with Crippen LogP contribution < -0.4 is 0 Å². The van der Waals surface area contributed by atoms with Gasteiger partial charge in [0.15, 0.2) is 10.8 Å². The van der Waals surface area contributed by atoms with E-state index in [2.05, 4.69) is 4.98 Å². The lowest BCUT2D eigenvalue weighted by atomic mass is 9.81. The molecule has 2 atom stereocenters. The van der Waals surface area contributed by atoms with Gasteiger partial charge in [-0.05, 0) is 63.0 Å².